The molecular weight excluding hydrogens is 268 g/mol. The third-order valence-electron chi connectivity index (χ3n) is 4.91. The Balaban J connectivity index is 2.52. The zero-order valence-electron chi connectivity index (χ0n) is 13.4. The minimum absolute atomic E-state index is 0.509. The molecule has 122 valence electrons. The number of carbonyl (C=O) groups is 2. The molecule has 0 saturated heterocycles. The van der Waals surface area contributed by atoms with Crippen molar-refractivity contribution in [1.29, 1.82) is 0 Å². The molecule has 4 nitrogen and oxygen atoms in total. The Kier molecular flexibility index (Phi) is 7.20. The van der Waals surface area contributed by atoms with Crippen molar-refractivity contribution in [2.45, 2.75) is 78.1 Å². The van der Waals surface area contributed by atoms with Crippen LogP contribution in [-0.2, 0) is 9.59 Å². The molecule has 2 N–H and O–H groups in total. The van der Waals surface area contributed by atoms with Gasteiger partial charge in [-0.2, -0.15) is 0 Å². The second-order valence-electron chi connectivity index (χ2n) is 6.94. The molecule has 1 rings (SSSR count). The van der Waals surface area contributed by atoms with Crippen molar-refractivity contribution in [2.24, 2.45) is 17.3 Å². The highest BCUT2D eigenvalue weighted by atomic mass is 16.4. The summed E-state index contributed by atoms with van der Waals surface area (Å²) < 4.78 is 0. The Bertz CT molecular complexity index is 351. The molecule has 0 aliphatic heterocycles. The largest absolute Gasteiger partial charge is 0.481 e. The summed E-state index contributed by atoms with van der Waals surface area (Å²) in [6.45, 7) is 4.41. The summed E-state index contributed by atoms with van der Waals surface area (Å²) in [5.41, 5.74) is -1.03. The van der Waals surface area contributed by atoms with Gasteiger partial charge in [-0.05, 0) is 25.2 Å². The van der Waals surface area contributed by atoms with Crippen LogP contribution >= 0.6 is 0 Å². The van der Waals surface area contributed by atoms with Crippen molar-refractivity contribution < 1.29 is 19.8 Å². The Morgan fingerprint density at radius 1 is 1.10 bits per heavy atom. The van der Waals surface area contributed by atoms with E-state index in [-0.39, 0.29) is 0 Å². The van der Waals surface area contributed by atoms with Gasteiger partial charge in [-0.25, -0.2) is 0 Å². The number of rotatable bonds is 9. The van der Waals surface area contributed by atoms with Crippen LogP contribution in [0, 0.1) is 17.3 Å². The maximum absolute atomic E-state index is 11.7. The van der Waals surface area contributed by atoms with Crippen molar-refractivity contribution in [3.05, 3.63) is 0 Å². The fraction of sp³-hybridized carbons (Fsp3) is 0.882. The minimum Gasteiger partial charge on any atom is -0.481 e. The SMILES string of the molecule is CC(C)CCCCCCC1(C(=O)O)CCCCC1C(=O)O. The maximum Gasteiger partial charge on any atom is 0.310 e. The quantitative estimate of drug-likeness (QED) is 0.621. The van der Waals surface area contributed by atoms with Gasteiger partial charge in [0.15, 0.2) is 0 Å². The lowest BCUT2D eigenvalue weighted by atomic mass is 9.63. The highest BCUT2D eigenvalue weighted by Crippen LogP contribution is 2.45. The number of hydrogen-bond donors (Lipinski definition) is 2. The van der Waals surface area contributed by atoms with E-state index in [1.54, 1.807) is 0 Å². The lowest BCUT2D eigenvalue weighted by molar-refractivity contribution is -0.166. The van der Waals surface area contributed by atoms with Crippen LogP contribution in [0.25, 0.3) is 0 Å². The first kappa shape index (κ1) is 18.0. The predicted octanol–water partition coefficient (Wildman–Crippen LogP) is 4.33. The van der Waals surface area contributed by atoms with E-state index in [1.165, 1.54) is 12.8 Å². The van der Waals surface area contributed by atoms with Gasteiger partial charge in [0.25, 0.3) is 0 Å². The molecule has 1 aliphatic rings. The highest BCUT2D eigenvalue weighted by molar-refractivity contribution is 5.83. The Labute approximate surface area is 127 Å². The van der Waals surface area contributed by atoms with E-state index >= 15 is 0 Å². The second kappa shape index (κ2) is 8.40. The van der Waals surface area contributed by atoms with Gasteiger partial charge >= 0.3 is 11.9 Å². The van der Waals surface area contributed by atoms with E-state index in [4.69, 9.17) is 0 Å². The van der Waals surface area contributed by atoms with E-state index in [1.807, 2.05) is 0 Å². The molecule has 0 spiro atoms. The van der Waals surface area contributed by atoms with Crippen molar-refractivity contribution in [3.63, 3.8) is 0 Å². The molecule has 0 aromatic carbocycles. The fourth-order valence-electron chi connectivity index (χ4n) is 3.61. The molecule has 0 aromatic rings. The molecule has 2 unspecified atom stereocenters. The predicted molar refractivity (Wildman–Crippen MR) is 82.2 cm³/mol. The molecule has 4 heteroatoms. The molecule has 0 aromatic heterocycles. The molecular formula is C17H30O4. The van der Waals surface area contributed by atoms with Crippen LogP contribution in [0.15, 0.2) is 0 Å². The van der Waals surface area contributed by atoms with E-state index < -0.39 is 23.3 Å². The van der Waals surface area contributed by atoms with Gasteiger partial charge in [0, 0.05) is 0 Å². The first-order chi connectivity index (χ1) is 9.90. The molecule has 0 heterocycles. The number of carboxylic acids is 2. The van der Waals surface area contributed by atoms with Crippen molar-refractivity contribution in [3.8, 4) is 0 Å². The van der Waals surface area contributed by atoms with Crippen molar-refractivity contribution in [1.82, 2.24) is 0 Å². The highest BCUT2D eigenvalue weighted by Gasteiger charge is 2.50. The molecule has 1 saturated carbocycles. The van der Waals surface area contributed by atoms with Crippen LogP contribution in [0.4, 0.5) is 0 Å². The van der Waals surface area contributed by atoms with Crippen LogP contribution < -0.4 is 0 Å². The summed E-state index contributed by atoms with van der Waals surface area (Å²) in [5.74, 6) is -1.84. The Hall–Kier alpha value is -1.06. The molecule has 21 heavy (non-hydrogen) atoms. The molecule has 0 radical (unpaired) electrons. The number of unbranched alkanes of at least 4 members (excludes halogenated alkanes) is 3. The van der Waals surface area contributed by atoms with Gasteiger partial charge in [0.05, 0.1) is 11.3 Å². The first-order valence-corrected chi connectivity index (χ1v) is 8.36. The fourth-order valence-corrected chi connectivity index (χ4v) is 3.61. The lowest BCUT2D eigenvalue weighted by Gasteiger charge is -2.38. The standard InChI is InChI=1S/C17H30O4/c1-13(2)9-5-3-4-7-11-17(16(20)21)12-8-6-10-14(17)15(18)19/h13-14H,3-12H2,1-2H3,(H,18,19)(H,20,21). The first-order valence-electron chi connectivity index (χ1n) is 8.36. The monoisotopic (exact) mass is 298 g/mol. The number of hydrogen-bond acceptors (Lipinski definition) is 2. The summed E-state index contributed by atoms with van der Waals surface area (Å²) in [6.07, 6.45) is 8.56. The van der Waals surface area contributed by atoms with Crippen LogP contribution in [0.3, 0.4) is 0 Å². The third kappa shape index (κ3) is 5.01. The minimum atomic E-state index is -1.03. The maximum atomic E-state index is 11.7. The van der Waals surface area contributed by atoms with Gasteiger partial charge in [0.2, 0.25) is 0 Å². The van der Waals surface area contributed by atoms with E-state index in [0.29, 0.717) is 25.2 Å². The summed E-state index contributed by atoms with van der Waals surface area (Å²) in [4.78, 5) is 23.2. The van der Waals surface area contributed by atoms with Gasteiger partial charge in [-0.1, -0.05) is 58.8 Å². The van der Waals surface area contributed by atoms with Crippen LogP contribution in [0.1, 0.15) is 78.1 Å². The van der Waals surface area contributed by atoms with Crippen molar-refractivity contribution in [2.75, 3.05) is 0 Å². The Morgan fingerprint density at radius 3 is 2.33 bits per heavy atom. The molecule has 0 amide bonds. The molecule has 0 bridgehead atoms. The second-order valence-corrected chi connectivity index (χ2v) is 6.94. The van der Waals surface area contributed by atoms with E-state index in [2.05, 4.69) is 13.8 Å². The van der Waals surface area contributed by atoms with Crippen molar-refractivity contribution >= 4 is 11.9 Å². The molecule has 1 fully saturated rings. The summed E-state index contributed by atoms with van der Waals surface area (Å²) in [6, 6.07) is 0. The van der Waals surface area contributed by atoms with Gasteiger partial charge in [-0.15, -0.1) is 0 Å². The average Bonchev–Trinajstić information content (AvgIpc) is 2.42. The van der Waals surface area contributed by atoms with Crippen LogP contribution in [-0.4, -0.2) is 22.2 Å². The smallest absolute Gasteiger partial charge is 0.310 e. The van der Waals surface area contributed by atoms with Gasteiger partial charge in [0.1, 0.15) is 0 Å². The van der Waals surface area contributed by atoms with Gasteiger partial charge in [-0.3, -0.25) is 9.59 Å². The van der Waals surface area contributed by atoms with Crippen LogP contribution in [0.2, 0.25) is 0 Å². The average molecular weight is 298 g/mol. The van der Waals surface area contributed by atoms with Gasteiger partial charge < -0.3 is 10.2 Å². The number of aliphatic carboxylic acids is 2. The van der Waals surface area contributed by atoms with E-state index in [0.717, 1.165) is 32.1 Å². The summed E-state index contributed by atoms with van der Waals surface area (Å²) >= 11 is 0. The topological polar surface area (TPSA) is 74.6 Å². The summed E-state index contributed by atoms with van der Waals surface area (Å²) in [5, 5.41) is 19.0. The lowest BCUT2D eigenvalue weighted by Crippen LogP contribution is -2.44. The molecule has 1 aliphatic carbocycles. The molecule has 2 atom stereocenters. The zero-order valence-corrected chi connectivity index (χ0v) is 13.4. The number of carboxylic acid groups (broad SMARTS) is 2. The Morgan fingerprint density at radius 2 is 1.76 bits per heavy atom. The van der Waals surface area contributed by atoms with E-state index in [9.17, 15) is 19.8 Å². The zero-order chi connectivity index (χ0) is 15.9. The summed E-state index contributed by atoms with van der Waals surface area (Å²) in [7, 11) is 0. The third-order valence-corrected chi connectivity index (χ3v) is 4.91. The van der Waals surface area contributed by atoms with Crippen LogP contribution in [0.5, 0.6) is 0 Å². The normalized spacial score (nSPS) is 26.0.